The van der Waals surface area contributed by atoms with E-state index in [0.29, 0.717) is 0 Å². The second kappa shape index (κ2) is 14.3. The molecule has 7 heteroatoms. The number of para-hydroxylation sites is 6. The van der Waals surface area contributed by atoms with Crippen molar-refractivity contribution >= 4 is 76.5 Å². The topological polar surface area (TPSA) is 45.7 Å². The number of ether oxygens (including phenoxy) is 1. The molecular formula is C59H44N6O. The van der Waals surface area contributed by atoms with E-state index < -0.39 is 0 Å². The average Bonchev–Trinajstić information content (AvgIpc) is 4.09. The van der Waals surface area contributed by atoms with Crippen LogP contribution in [0.25, 0.3) is 99.3 Å². The Morgan fingerprint density at radius 2 is 1.14 bits per heavy atom. The number of nitrogens with zero attached hydrogens (tertiary/aromatic N) is 6. The van der Waals surface area contributed by atoms with Gasteiger partial charge in [0.1, 0.15) is 17.3 Å². The fourth-order valence-corrected chi connectivity index (χ4v) is 10.4. The zero-order valence-electron chi connectivity index (χ0n) is 37.1. The van der Waals surface area contributed by atoms with Gasteiger partial charge < -0.3 is 13.9 Å². The van der Waals surface area contributed by atoms with Crippen molar-refractivity contribution in [2.75, 3.05) is 0 Å². The molecule has 0 fully saturated rings. The van der Waals surface area contributed by atoms with Crippen LogP contribution in [0.4, 0.5) is 0 Å². The highest BCUT2D eigenvalue weighted by Gasteiger charge is 2.29. The Kier molecular flexibility index (Phi) is 8.25. The average molecular weight is 853 g/mol. The van der Waals surface area contributed by atoms with Gasteiger partial charge in [-0.05, 0) is 89.8 Å². The third-order valence-electron chi connectivity index (χ3n) is 13.4. The molecule has 0 N–H and O–H groups in total. The van der Waals surface area contributed by atoms with Crippen LogP contribution >= 0.6 is 0 Å². The largest absolute Gasteiger partial charge is 0.458 e. The zero-order chi connectivity index (χ0) is 44.3. The maximum atomic E-state index is 6.92. The minimum atomic E-state index is -0.0933. The number of fused-ring (bicyclic) bond motifs is 13. The molecule has 5 aromatic heterocycles. The van der Waals surface area contributed by atoms with Gasteiger partial charge in [0.25, 0.3) is 6.33 Å². The van der Waals surface area contributed by atoms with Gasteiger partial charge >= 0.3 is 0 Å². The van der Waals surface area contributed by atoms with E-state index in [4.69, 9.17) is 9.72 Å². The lowest BCUT2D eigenvalue weighted by Crippen LogP contribution is -2.29. The molecule has 8 aromatic carbocycles. The monoisotopic (exact) mass is 852 g/mol. The smallest absolute Gasteiger partial charge is 0.269 e. The van der Waals surface area contributed by atoms with E-state index in [-0.39, 0.29) is 5.41 Å². The minimum absolute atomic E-state index is 0.0933. The van der Waals surface area contributed by atoms with Crippen LogP contribution in [0, 0.1) is 6.33 Å². The summed E-state index contributed by atoms with van der Waals surface area (Å²) in [5.74, 6) is 2.32. The number of hydrogen-bond donors (Lipinski definition) is 0. The van der Waals surface area contributed by atoms with Crippen molar-refractivity contribution in [3.8, 4) is 34.4 Å². The third-order valence-corrected chi connectivity index (χ3v) is 13.4. The molecular weight excluding hydrogens is 809 g/mol. The van der Waals surface area contributed by atoms with Gasteiger partial charge in [0.2, 0.25) is 0 Å². The fraction of sp³-hybridized carbons (Fsp3) is 0.0847. The predicted octanol–water partition coefficient (Wildman–Crippen LogP) is 14.0. The molecule has 316 valence electrons. The first-order valence-corrected chi connectivity index (χ1v) is 22.5. The quantitative estimate of drug-likeness (QED) is 0.124. The van der Waals surface area contributed by atoms with Gasteiger partial charge in [0, 0.05) is 62.8 Å². The van der Waals surface area contributed by atoms with Crippen LogP contribution < -0.4 is 9.30 Å². The Labute approximate surface area is 381 Å². The van der Waals surface area contributed by atoms with Crippen molar-refractivity contribution in [3.05, 3.63) is 206 Å². The number of benzene rings is 8. The molecule has 0 amide bonds. The maximum Gasteiger partial charge on any atom is 0.269 e. The molecule has 0 aliphatic rings. The zero-order valence-corrected chi connectivity index (χ0v) is 37.1. The van der Waals surface area contributed by atoms with E-state index in [1.54, 1.807) is 0 Å². The van der Waals surface area contributed by atoms with Crippen molar-refractivity contribution in [3.63, 3.8) is 0 Å². The van der Waals surface area contributed by atoms with Crippen molar-refractivity contribution < 1.29 is 9.30 Å². The second-order valence-electron chi connectivity index (χ2n) is 18.3. The standard InChI is InChI=1S/C59H44N6O/c1-59(2,3)38-32-33-60-52(34-38)65-51-36-43(66-42-23-17-22-41(35-42)63-37-62(39-18-7-5-8-19-39)49-28-15-16-29-50(49)63)30-31-46(51)54-53-45-25-12-14-27-48(45)64(40-20-9-6-10-21-40)56(53)55-44-24-11-13-26-47(44)61(4)57(55)58(54)65/h5-36H,1-4H3. The summed E-state index contributed by atoms with van der Waals surface area (Å²) in [6.45, 7) is 6.78. The summed E-state index contributed by atoms with van der Waals surface area (Å²) in [5.41, 5.74) is 13.2. The summed E-state index contributed by atoms with van der Waals surface area (Å²) in [7, 11) is 2.21. The Morgan fingerprint density at radius 1 is 0.500 bits per heavy atom. The van der Waals surface area contributed by atoms with E-state index in [1.165, 1.54) is 43.5 Å². The number of aromatic nitrogens is 6. The Hall–Kier alpha value is -8.42. The summed E-state index contributed by atoms with van der Waals surface area (Å²) in [5, 5.41) is 7.15. The van der Waals surface area contributed by atoms with Crippen molar-refractivity contribution in [1.82, 2.24) is 23.3 Å². The third kappa shape index (κ3) is 5.62. The SMILES string of the molecule is Cn1c2ccccc2c2c1c1c(c3ccc(Oc4cccc(-[n+]5[c-]n(-c6ccccc6)c6ccccc65)c4)cc3n1-c1cc(C(C)(C)C)ccn1)c1c3ccccc3n(-c3ccccc3)c12. The van der Waals surface area contributed by atoms with E-state index in [1.807, 2.05) is 24.4 Å². The van der Waals surface area contributed by atoms with Crippen LogP contribution in [-0.4, -0.2) is 23.3 Å². The van der Waals surface area contributed by atoms with Gasteiger partial charge in [0.05, 0.1) is 50.0 Å². The first-order valence-electron chi connectivity index (χ1n) is 22.5. The van der Waals surface area contributed by atoms with Gasteiger partial charge in [-0.1, -0.05) is 124 Å². The molecule has 0 bridgehead atoms. The number of rotatable bonds is 6. The van der Waals surface area contributed by atoms with Gasteiger partial charge in [-0.25, -0.2) is 4.98 Å². The summed E-state index contributed by atoms with van der Waals surface area (Å²) >= 11 is 0. The number of aryl methyl sites for hydroxylation is 1. The van der Waals surface area contributed by atoms with Crippen LogP contribution in [0.15, 0.2) is 194 Å². The molecule has 0 aliphatic heterocycles. The lowest BCUT2D eigenvalue weighted by atomic mass is 9.88. The molecule has 7 nitrogen and oxygen atoms in total. The maximum absolute atomic E-state index is 6.92. The van der Waals surface area contributed by atoms with Gasteiger partial charge in [0.15, 0.2) is 0 Å². The highest BCUT2D eigenvalue weighted by Crippen LogP contribution is 2.50. The first kappa shape index (κ1) is 38.1. The van der Waals surface area contributed by atoms with Gasteiger partial charge in [-0.2, -0.15) is 0 Å². The van der Waals surface area contributed by atoms with E-state index in [9.17, 15) is 0 Å². The number of imidazole rings is 1. The van der Waals surface area contributed by atoms with Crippen molar-refractivity contribution in [2.24, 2.45) is 7.05 Å². The molecule has 0 saturated heterocycles. The van der Waals surface area contributed by atoms with Crippen LogP contribution in [-0.2, 0) is 12.5 Å². The van der Waals surface area contributed by atoms with Crippen LogP contribution in [0.5, 0.6) is 11.5 Å². The predicted molar refractivity (Wildman–Crippen MR) is 269 cm³/mol. The molecule has 5 heterocycles. The Bertz CT molecular complexity index is 4070. The minimum Gasteiger partial charge on any atom is -0.458 e. The Balaban J connectivity index is 1.10. The summed E-state index contributed by atoms with van der Waals surface area (Å²) in [6.07, 6.45) is 5.58. The molecule has 0 radical (unpaired) electrons. The fourth-order valence-electron chi connectivity index (χ4n) is 10.4. The molecule has 0 unspecified atom stereocenters. The van der Waals surface area contributed by atoms with Gasteiger partial charge in [-0.3, -0.25) is 13.7 Å². The van der Waals surface area contributed by atoms with Crippen LogP contribution in [0.2, 0.25) is 0 Å². The normalized spacial score (nSPS) is 12.2. The molecule has 66 heavy (non-hydrogen) atoms. The second-order valence-corrected chi connectivity index (χ2v) is 18.3. The van der Waals surface area contributed by atoms with E-state index in [2.05, 4.69) is 227 Å². The lowest BCUT2D eigenvalue weighted by molar-refractivity contribution is -0.572. The summed E-state index contributed by atoms with van der Waals surface area (Å²) in [4.78, 5) is 5.19. The summed E-state index contributed by atoms with van der Waals surface area (Å²) < 4.78 is 18.4. The van der Waals surface area contributed by atoms with Crippen LogP contribution in [0.3, 0.4) is 0 Å². The summed E-state index contributed by atoms with van der Waals surface area (Å²) in [6, 6.07) is 66.5. The Morgan fingerprint density at radius 3 is 1.91 bits per heavy atom. The highest BCUT2D eigenvalue weighted by molar-refractivity contribution is 6.40. The van der Waals surface area contributed by atoms with E-state index >= 15 is 0 Å². The molecule has 0 saturated carbocycles. The van der Waals surface area contributed by atoms with Crippen molar-refractivity contribution in [1.29, 1.82) is 0 Å². The van der Waals surface area contributed by atoms with Crippen LogP contribution in [0.1, 0.15) is 26.3 Å². The molecule has 0 aliphatic carbocycles. The van der Waals surface area contributed by atoms with E-state index in [0.717, 1.165) is 72.9 Å². The number of hydrogen-bond acceptors (Lipinski definition) is 2. The molecule has 0 atom stereocenters. The molecule has 13 rings (SSSR count). The molecule has 0 spiro atoms. The van der Waals surface area contributed by atoms with Gasteiger partial charge in [-0.15, -0.1) is 0 Å². The first-order chi connectivity index (χ1) is 32.3. The number of pyridine rings is 1. The highest BCUT2D eigenvalue weighted by atomic mass is 16.5. The van der Waals surface area contributed by atoms with Crippen molar-refractivity contribution in [2.45, 2.75) is 26.2 Å². The molecule has 13 aromatic rings. The lowest BCUT2D eigenvalue weighted by Gasteiger charge is -2.20.